The number of rotatable bonds is 4. The number of esters is 1. The van der Waals surface area contributed by atoms with Crippen LogP contribution in [0.25, 0.3) is 0 Å². The first-order chi connectivity index (χ1) is 7.54. The maximum Gasteiger partial charge on any atom is 0.385 e. The Hall–Kier alpha value is -1.14. The van der Waals surface area contributed by atoms with Gasteiger partial charge < -0.3 is 4.74 Å². The molecule has 1 atom stereocenters. The van der Waals surface area contributed by atoms with Crippen molar-refractivity contribution < 1.29 is 29.5 Å². The summed E-state index contributed by atoms with van der Waals surface area (Å²) in [4.78, 5) is 26.8. The summed E-state index contributed by atoms with van der Waals surface area (Å²) in [6, 6.07) is 0. The summed E-state index contributed by atoms with van der Waals surface area (Å²) in [6.45, 7) is 10.5. The van der Waals surface area contributed by atoms with Crippen LogP contribution in [0.5, 0.6) is 0 Å². The van der Waals surface area contributed by atoms with Crippen LogP contribution in [-0.2, 0) is 24.3 Å². The Morgan fingerprint density at radius 3 is 1.94 bits per heavy atom. The predicted octanol–water partition coefficient (Wildman–Crippen LogP) is 1.94. The SMILES string of the molecule is CC(OC(=O)C(C)(C)C(C)(C)C)C(=O)OOO. The lowest BCUT2D eigenvalue weighted by molar-refractivity contribution is -0.464. The van der Waals surface area contributed by atoms with Crippen LogP contribution >= 0.6 is 0 Å². The van der Waals surface area contributed by atoms with Gasteiger partial charge in [0.25, 0.3) is 0 Å². The highest BCUT2D eigenvalue weighted by molar-refractivity contribution is 5.81. The van der Waals surface area contributed by atoms with Crippen LogP contribution < -0.4 is 0 Å². The lowest BCUT2D eigenvalue weighted by Crippen LogP contribution is -2.41. The zero-order chi connectivity index (χ0) is 13.9. The van der Waals surface area contributed by atoms with E-state index in [0.717, 1.165) is 0 Å². The van der Waals surface area contributed by atoms with E-state index in [1.165, 1.54) is 6.92 Å². The summed E-state index contributed by atoms with van der Waals surface area (Å²) in [6.07, 6.45) is -1.14. The van der Waals surface area contributed by atoms with Crippen molar-refractivity contribution in [2.75, 3.05) is 0 Å². The lowest BCUT2D eigenvalue weighted by Gasteiger charge is -2.36. The highest BCUT2D eigenvalue weighted by atomic mass is 17.5. The fraction of sp³-hybridized carbons (Fsp3) is 0.818. The molecule has 0 aromatic heterocycles. The molecule has 0 rings (SSSR count). The Kier molecular flexibility index (Phi) is 5.10. The van der Waals surface area contributed by atoms with E-state index in [9.17, 15) is 9.59 Å². The van der Waals surface area contributed by atoms with E-state index >= 15 is 0 Å². The molecule has 0 radical (unpaired) electrons. The zero-order valence-corrected chi connectivity index (χ0v) is 11.1. The first kappa shape index (κ1) is 15.9. The fourth-order valence-electron chi connectivity index (χ4n) is 0.767. The van der Waals surface area contributed by atoms with Gasteiger partial charge in [0.15, 0.2) is 6.10 Å². The molecule has 0 saturated heterocycles. The summed E-state index contributed by atoms with van der Waals surface area (Å²) in [7, 11) is 0. The van der Waals surface area contributed by atoms with E-state index in [1.807, 2.05) is 20.8 Å². The van der Waals surface area contributed by atoms with Gasteiger partial charge in [-0.25, -0.2) is 10.1 Å². The Bertz CT molecular complexity index is 289. The standard InChI is InChI=1S/C11H20O6/c1-7(8(12)16-17-14)15-9(13)11(5,6)10(2,3)4/h7,14H,1-6H3. The summed E-state index contributed by atoms with van der Waals surface area (Å²) < 4.78 is 4.95. The number of ether oxygens (including phenoxy) is 1. The Labute approximate surface area is 101 Å². The Balaban J connectivity index is 4.61. The van der Waals surface area contributed by atoms with Crippen LogP contribution in [0.3, 0.4) is 0 Å². The van der Waals surface area contributed by atoms with Gasteiger partial charge in [-0.2, -0.15) is 0 Å². The van der Waals surface area contributed by atoms with Gasteiger partial charge in [0.1, 0.15) is 0 Å². The van der Waals surface area contributed by atoms with Gasteiger partial charge in [0, 0.05) is 0 Å². The third kappa shape index (κ3) is 3.98. The summed E-state index contributed by atoms with van der Waals surface area (Å²) in [5.41, 5.74) is -1.08. The van der Waals surface area contributed by atoms with Crippen molar-refractivity contribution >= 4 is 11.9 Å². The normalized spacial score (nSPS) is 14.1. The molecule has 0 aliphatic rings. The van der Waals surface area contributed by atoms with Gasteiger partial charge in [0.2, 0.25) is 0 Å². The molecule has 0 spiro atoms. The molecular weight excluding hydrogens is 228 g/mol. The van der Waals surface area contributed by atoms with Crippen molar-refractivity contribution in [2.45, 2.75) is 47.6 Å². The zero-order valence-electron chi connectivity index (χ0n) is 11.1. The van der Waals surface area contributed by atoms with Gasteiger partial charge >= 0.3 is 11.9 Å². The molecule has 0 aromatic rings. The molecule has 0 amide bonds. The van der Waals surface area contributed by atoms with Crippen molar-refractivity contribution in [3.63, 3.8) is 0 Å². The minimum absolute atomic E-state index is 0.318. The monoisotopic (exact) mass is 248 g/mol. The van der Waals surface area contributed by atoms with E-state index in [4.69, 9.17) is 9.99 Å². The van der Waals surface area contributed by atoms with Crippen molar-refractivity contribution in [3.8, 4) is 0 Å². The van der Waals surface area contributed by atoms with Gasteiger partial charge in [-0.1, -0.05) is 20.8 Å². The molecule has 0 aliphatic heterocycles. The molecule has 0 aromatic carbocycles. The van der Waals surface area contributed by atoms with Crippen LogP contribution in [0.4, 0.5) is 0 Å². The molecule has 100 valence electrons. The van der Waals surface area contributed by atoms with Crippen LogP contribution in [0, 0.1) is 10.8 Å². The number of carbonyl (C=O) groups excluding carboxylic acids is 2. The largest absolute Gasteiger partial charge is 0.450 e. The molecule has 0 aliphatic carbocycles. The highest BCUT2D eigenvalue weighted by Gasteiger charge is 2.42. The summed E-state index contributed by atoms with van der Waals surface area (Å²) in [5, 5.41) is 11.1. The molecule has 1 N–H and O–H groups in total. The van der Waals surface area contributed by atoms with Crippen molar-refractivity contribution in [2.24, 2.45) is 10.8 Å². The van der Waals surface area contributed by atoms with Gasteiger partial charge in [-0.05, 0) is 31.2 Å². The van der Waals surface area contributed by atoms with Crippen molar-refractivity contribution in [1.29, 1.82) is 0 Å². The fourth-order valence-corrected chi connectivity index (χ4v) is 0.767. The second-order valence-corrected chi connectivity index (χ2v) is 5.40. The van der Waals surface area contributed by atoms with Gasteiger partial charge in [0.05, 0.1) is 5.41 Å². The second-order valence-electron chi connectivity index (χ2n) is 5.40. The number of carbonyl (C=O) groups is 2. The van der Waals surface area contributed by atoms with E-state index < -0.39 is 23.5 Å². The third-order valence-electron chi connectivity index (χ3n) is 3.12. The topological polar surface area (TPSA) is 82.1 Å². The molecule has 0 heterocycles. The second kappa shape index (κ2) is 5.46. The van der Waals surface area contributed by atoms with E-state index in [1.54, 1.807) is 13.8 Å². The van der Waals surface area contributed by atoms with Crippen LogP contribution in [0.2, 0.25) is 0 Å². The highest BCUT2D eigenvalue weighted by Crippen LogP contribution is 2.39. The molecule has 17 heavy (non-hydrogen) atoms. The quantitative estimate of drug-likeness (QED) is 0.465. The third-order valence-corrected chi connectivity index (χ3v) is 3.12. The molecule has 0 saturated carbocycles. The Morgan fingerprint density at radius 2 is 1.59 bits per heavy atom. The molecule has 1 unspecified atom stereocenters. The average molecular weight is 248 g/mol. The van der Waals surface area contributed by atoms with E-state index in [0.29, 0.717) is 0 Å². The van der Waals surface area contributed by atoms with Crippen molar-refractivity contribution in [1.82, 2.24) is 0 Å². The average Bonchev–Trinajstić information content (AvgIpc) is 2.15. The first-order valence-corrected chi connectivity index (χ1v) is 5.27. The molecule has 0 bridgehead atoms. The first-order valence-electron chi connectivity index (χ1n) is 5.27. The van der Waals surface area contributed by atoms with Crippen molar-refractivity contribution in [3.05, 3.63) is 0 Å². The van der Waals surface area contributed by atoms with Gasteiger partial charge in [-0.3, -0.25) is 9.68 Å². The Morgan fingerprint density at radius 1 is 1.12 bits per heavy atom. The number of hydrogen-bond acceptors (Lipinski definition) is 6. The molecule has 6 heteroatoms. The maximum absolute atomic E-state index is 11.9. The van der Waals surface area contributed by atoms with E-state index in [-0.39, 0.29) is 5.41 Å². The number of hydrogen-bond donors (Lipinski definition) is 1. The maximum atomic E-state index is 11.9. The minimum atomic E-state index is -1.14. The smallest absolute Gasteiger partial charge is 0.385 e. The lowest BCUT2D eigenvalue weighted by atomic mass is 9.69. The van der Waals surface area contributed by atoms with Crippen LogP contribution in [0.15, 0.2) is 0 Å². The minimum Gasteiger partial charge on any atom is -0.450 e. The molecular formula is C11H20O6. The predicted molar refractivity (Wildman–Crippen MR) is 58.6 cm³/mol. The summed E-state index contributed by atoms with van der Waals surface area (Å²) in [5.74, 6) is -1.50. The summed E-state index contributed by atoms with van der Waals surface area (Å²) >= 11 is 0. The molecule has 6 nitrogen and oxygen atoms in total. The van der Waals surface area contributed by atoms with Gasteiger partial charge in [-0.15, -0.1) is 0 Å². The van der Waals surface area contributed by atoms with Crippen LogP contribution in [0.1, 0.15) is 41.5 Å². The van der Waals surface area contributed by atoms with E-state index in [2.05, 4.69) is 9.93 Å². The van der Waals surface area contributed by atoms with Crippen LogP contribution in [-0.4, -0.2) is 23.3 Å². The molecule has 0 fully saturated rings.